The van der Waals surface area contributed by atoms with Crippen LogP contribution in [-0.4, -0.2) is 51.0 Å². The summed E-state index contributed by atoms with van der Waals surface area (Å²) in [6, 6.07) is 8.42. The van der Waals surface area contributed by atoms with E-state index >= 15 is 0 Å². The minimum Gasteiger partial charge on any atom is -0.478 e. The van der Waals surface area contributed by atoms with E-state index in [2.05, 4.69) is 14.1 Å². The van der Waals surface area contributed by atoms with Gasteiger partial charge in [0.25, 0.3) is 0 Å². The molecule has 0 saturated carbocycles. The first-order chi connectivity index (χ1) is 14.3. The molecule has 2 heterocycles. The van der Waals surface area contributed by atoms with Gasteiger partial charge in [-0.25, -0.2) is 13.2 Å². The van der Waals surface area contributed by atoms with E-state index in [-0.39, 0.29) is 17.0 Å². The summed E-state index contributed by atoms with van der Waals surface area (Å²) in [6.45, 7) is 1.81. The maximum absolute atomic E-state index is 13.3. The molecule has 30 heavy (non-hydrogen) atoms. The van der Waals surface area contributed by atoms with Crippen molar-refractivity contribution < 1.29 is 23.1 Å². The molecule has 1 atom stereocenters. The number of aromatic nitrogens is 2. The molecule has 2 N–H and O–H groups in total. The van der Waals surface area contributed by atoms with Crippen molar-refractivity contribution in [1.29, 1.82) is 0 Å². The number of carboxylic acids is 1. The van der Waals surface area contributed by atoms with Crippen molar-refractivity contribution in [2.75, 3.05) is 11.9 Å². The number of hydrogen-bond acceptors (Lipinski definition) is 7. The van der Waals surface area contributed by atoms with E-state index in [1.807, 2.05) is 0 Å². The monoisotopic (exact) mass is 446 g/mol. The average Bonchev–Trinajstić information content (AvgIpc) is 3.38. The van der Waals surface area contributed by atoms with E-state index in [1.165, 1.54) is 22.5 Å². The number of carboxylic acid groups (broad SMARTS) is 1. The Bertz CT molecular complexity index is 1250. The summed E-state index contributed by atoms with van der Waals surface area (Å²) in [7, 11) is -3.97. The molecular formula is C19H18N4O5S2. The Balaban J connectivity index is 1.64. The Morgan fingerprint density at radius 3 is 2.73 bits per heavy atom. The molecule has 4 rings (SSSR count). The van der Waals surface area contributed by atoms with Gasteiger partial charge in [-0.05, 0) is 49.6 Å². The minimum absolute atomic E-state index is 0.0255. The molecule has 0 spiro atoms. The summed E-state index contributed by atoms with van der Waals surface area (Å²) < 4.78 is 36.0. The summed E-state index contributed by atoms with van der Waals surface area (Å²) in [4.78, 5) is 24.3. The maximum atomic E-state index is 13.3. The number of nitrogens with zero attached hydrogens (tertiary/aromatic N) is 3. The number of fused-ring (bicyclic) bond motifs is 1. The van der Waals surface area contributed by atoms with Crippen molar-refractivity contribution in [3.05, 3.63) is 47.5 Å². The highest BCUT2D eigenvalue weighted by molar-refractivity contribution is 7.89. The minimum atomic E-state index is -3.97. The lowest BCUT2D eigenvalue weighted by Gasteiger charge is -2.24. The number of aromatic carboxylic acids is 1. The highest BCUT2D eigenvalue weighted by atomic mass is 32.2. The van der Waals surface area contributed by atoms with Gasteiger partial charge in [0.15, 0.2) is 0 Å². The lowest BCUT2D eigenvalue weighted by atomic mass is 10.1. The lowest BCUT2D eigenvalue weighted by molar-refractivity contribution is -0.119. The molecule has 1 saturated heterocycles. The van der Waals surface area contributed by atoms with Gasteiger partial charge in [0, 0.05) is 12.2 Å². The standard InChI is InChI=1S/C19H18N4O5S2/c1-11-12(19(25)26)5-2-6-13(11)20-18(24)15-8-4-10-23(15)30(27,28)16-9-3-7-14-17(16)22-29-21-14/h2-3,5-7,9,15H,4,8,10H2,1H3,(H,20,24)(H,25,26)/t15-/m0/s1. The fourth-order valence-corrected chi connectivity index (χ4v) is 6.04. The van der Waals surface area contributed by atoms with Gasteiger partial charge in [-0.3, -0.25) is 4.79 Å². The fraction of sp³-hybridized carbons (Fsp3) is 0.263. The molecule has 0 aliphatic carbocycles. The lowest BCUT2D eigenvalue weighted by Crippen LogP contribution is -2.43. The fourth-order valence-electron chi connectivity index (χ4n) is 3.62. The van der Waals surface area contributed by atoms with Crippen LogP contribution in [0.3, 0.4) is 0 Å². The molecule has 156 valence electrons. The van der Waals surface area contributed by atoms with Crippen LogP contribution in [0.25, 0.3) is 11.0 Å². The SMILES string of the molecule is Cc1c(NC(=O)[C@@H]2CCCN2S(=O)(=O)c2cccc3nsnc23)cccc1C(=O)O. The number of nitrogens with one attached hydrogen (secondary N) is 1. The average molecular weight is 447 g/mol. The van der Waals surface area contributed by atoms with Crippen molar-refractivity contribution in [3.63, 3.8) is 0 Å². The molecule has 2 aromatic carbocycles. The van der Waals surface area contributed by atoms with Gasteiger partial charge in [0.2, 0.25) is 15.9 Å². The zero-order chi connectivity index (χ0) is 21.5. The maximum Gasteiger partial charge on any atom is 0.336 e. The van der Waals surface area contributed by atoms with Crippen LogP contribution < -0.4 is 5.32 Å². The molecule has 1 aromatic heterocycles. The quantitative estimate of drug-likeness (QED) is 0.616. The second-order valence-corrected chi connectivity index (χ2v) is 9.32. The number of hydrogen-bond donors (Lipinski definition) is 2. The summed E-state index contributed by atoms with van der Waals surface area (Å²) in [5, 5.41) is 12.0. The van der Waals surface area contributed by atoms with E-state index in [1.54, 1.807) is 25.1 Å². The second-order valence-electron chi connectivity index (χ2n) is 6.93. The van der Waals surface area contributed by atoms with Gasteiger partial charge in [0.05, 0.1) is 17.3 Å². The number of sulfonamides is 1. The highest BCUT2D eigenvalue weighted by Gasteiger charge is 2.40. The summed E-state index contributed by atoms with van der Waals surface area (Å²) >= 11 is 0.930. The van der Waals surface area contributed by atoms with Crippen LogP contribution in [0.4, 0.5) is 5.69 Å². The van der Waals surface area contributed by atoms with Gasteiger partial charge in [-0.2, -0.15) is 13.1 Å². The Hall–Kier alpha value is -2.89. The van der Waals surface area contributed by atoms with E-state index in [9.17, 15) is 23.1 Å². The Morgan fingerprint density at radius 2 is 1.97 bits per heavy atom. The molecule has 0 radical (unpaired) electrons. The molecule has 0 bridgehead atoms. The summed E-state index contributed by atoms with van der Waals surface area (Å²) in [6.07, 6.45) is 0.908. The van der Waals surface area contributed by atoms with E-state index in [4.69, 9.17) is 0 Å². The number of rotatable bonds is 5. The number of carbonyl (C=O) groups excluding carboxylic acids is 1. The second kappa shape index (κ2) is 7.74. The Morgan fingerprint density at radius 1 is 1.20 bits per heavy atom. The topological polar surface area (TPSA) is 130 Å². The molecular weight excluding hydrogens is 428 g/mol. The van der Waals surface area contributed by atoms with Gasteiger partial charge in [-0.15, -0.1) is 0 Å². The molecule has 9 nitrogen and oxygen atoms in total. The van der Waals surface area contributed by atoms with Crippen LogP contribution in [-0.2, 0) is 14.8 Å². The van der Waals surface area contributed by atoms with Crippen molar-refractivity contribution in [1.82, 2.24) is 13.1 Å². The van der Waals surface area contributed by atoms with Gasteiger partial charge >= 0.3 is 5.97 Å². The molecule has 1 aliphatic heterocycles. The van der Waals surface area contributed by atoms with Crippen molar-refractivity contribution >= 4 is 50.3 Å². The molecule has 3 aromatic rings. The number of benzene rings is 2. The van der Waals surface area contributed by atoms with Gasteiger partial charge < -0.3 is 10.4 Å². The van der Waals surface area contributed by atoms with Crippen LogP contribution in [0, 0.1) is 6.92 Å². The first kappa shape index (κ1) is 20.4. The Kier molecular flexibility index (Phi) is 5.26. The third kappa shape index (κ3) is 3.44. The van der Waals surface area contributed by atoms with E-state index < -0.39 is 27.9 Å². The van der Waals surface area contributed by atoms with Gasteiger partial charge in [-0.1, -0.05) is 12.1 Å². The van der Waals surface area contributed by atoms with Gasteiger partial charge in [0.1, 0.15) is 22.0 Å². The first-order valence-corrected chi connectivity index (χ1v) is 11.3. The highest BCUT2D eigenvalue weighted by Crippen LogP contribution is 2.31. The van der Waals surface area contributed by atoms with Crippen molar-refractivity contribution in [2.45, 2.75) is 30.7 Å². The third-order valence-corrected chi connectivity index (χ3v) is 7.65. The Labute approximate surface area is 176 Å². The number of anilines is 1. The molecule has 1 amide bonds. The van der Waals surface area contributed by atoms with Crippen molar-refractivity contribution in [3.8, 4) is 0 Å². The zero-order valence-electron chi connectivity index (χ0n) is 15.9. The van der Waals surface area contributed by atoms with Crippen LogP contribution in [0.15, 0.2) is 41.3 Å². The summed E-state index contributed by atoms with van der Waals surface area (Å²) in [5.41, 5.74) is 1.60. The predicted molar refractivity (Wildman–Crippen MR) is 111 cm³/mol. The molecule has 1 fully saturated rings. The number of carbonyl (C=O) groups is 2. The molecule has 0 unspecified atom stereocenters. The van der Waals surface area contributed by atoms with Crippen LogP contribution in [0.1, 0.15) is 28.8 Å². The largest absolute Gasteiger partial charge is 0.478 e. The normalized spacial score (nSPS) is 17.3. The predicted octanol–water partition coefficient (Wildman–Crippen LogP) is 2.49. The van der Waals surface area contributed by atoms with Crippen molar-refractivity contribution in [2.24, 2.45) is 0 Å². The van der Waals surface area contributed by atoms with Crippen LogP contribution in [0.2, 0.25) is 0 Å². The summed E-state index contributed by atoms with van der Waals surface area (Å²) in [5.74, 6) is -1.59. The molecule has 11 heteroatoms. The first-order valence-electron chi connectivity index (χ1n) is 9.17. The van der Waals surface area contributed by atoms with Crippen LogP contribution >= 0.6 is 11.7 Å². The smallest absolute Gasteiger partial charge is 0.336 e. The number of amides is 1. The third-order valence-electron chi connectivity index (χ3n) is 5.16. The van der Waals surface area contributed by atoms with E-state index in [0.29, 0.717) is 35.1 Å². The van der Waals surface area contributed by atoms with E-state index in [0.717, 1.165) is 11.7 Å². The molecule has 1 aliphatic rings. The zero-order valence-corrected chi connectivity index (χ0v) is 17.5. The van der Waals surface area contributed by atoms with Crippen LogP contribution in [0.5, 0.6) is 0 Å².